The van der Waals surface area contributed by atoms with E-state index in [-0.39, 0.29) is 12.0 Å². The van der Waals surface area contributed by atoms with E-state index in [1.165, 1.54) is 12.8 Å². The number of primary amides is 1. The Morgan fingerprint density at radius 3 is 2.76 bits per heavy atom. The molecule has 140 valence electrons. The lowest BCUT2D eigenvalue weighted by atomic mass is 10.00. The van der Waals surface area contributed by atoms with Gasteiger partial charge in [-0.1, -0.05) is 6.92 Å². The first-order valence-corrected chi connectivity index (χ1v) is 9.72. The van der Waals surface area contributed by atoms with Gasteiger partial charge in [0.05, 0.1) is 19.3 Å². The van der Waals surface area contributed by atoms with Crippen molar-refractivity contribution in [3.63, 3.8) is 0 Å². The Bertz CT molecular complexity index is 642. The minimum atomic E-state index is -0.311. The van der Waals surface area contributed by atoms with E-state index in [0.717, 1.165) is 44.3 Å². The van der Waals surface area contributed by atoms with Crippen molar-refractivity contribution in [3.8, 4) is 0 Å². The van der Waals surface area contributed by atoms with Crippen molar-refractivity contribution in [1.82, 2.24) is 19.2 Å². The summed E-state index contributed by atoms with van der Waals surface area (Å²) in [5, 5.41) is 4.71. The molecule has 1 amide bonds. The fraction of sp³-hybridized carbons (Fsp3) is 0.824. The highest BCUT2D eigenvalue weighted by Gasteiger charge is 2.22. The third-order valence-corrected chi connectivity index (χ3v) is 5.65. The zero-order valence-electron chi connectivity index (χ0n) is 15.0. The third-order valence-electron chi connectivity index (χ3n) is 5.21. The summed E-state index contributed by atoms with van der Waals surface area (Å²) < 4.78 is 10.4. The van der Waals surface area contributed by atoms with Crippen LogP contribution in [0.5, 0.6) is 0 Å². The van der Waals surface area contributed by atoms with Crippen molar-refractivity contribution in [3.05, 3.63) is 10.6 Å². The predicted octanol–water partition coefficient (Wildman–Crippen LogP) is 1.70. The van der Waals surface area contributed by atoms with E-state index in [2.05, 4.69) is 11.8 Å². The van der Waals surface area contributed by atoms with E-state index in [9.17, 15) is 4.79 Å². The van der Waals surface area contributed by atoms with Gasteiger partial charge in [-0.15, -0.1) is 0 Å². The molecule has 3 heterocycles. The van der Waals surface area contributed by atoms with Gasteiger partial charge in [0.1, 0.15) is 5.82 Å². The van der Waals surface area contributed by atoms with E-state index < -0.39 is 0 Å². The number of aryl methyl sites for hydroxylation is 1. The molecule has 1 atom stereocenters. The van der Waals surface area contributed by atoms with Gasteiger partial charge in [0.25, 0.3) is 0 Å². The fourth-order valence-electron chi connectivity index (χ4n) is 3.57. The van der Waals surface area contributed by atoms with Crippen LogP contribution in [-0.4, -0.2) is 51.0 Å². The second kappa shape index (κ2) is 8.42. The van der Waals surface area contributed by atoms with Crippen LogP contribution in [0.25, 0.3) is 0 Å². The number of aromatic nitrogens is 3. The number of nitrogens with two attached hydrogens (primary N) is 1. The average molecular weight is 368 g/mol. The molecule has 1 aromatic heterocycles. The Labute approximate surface area is 154 Å². The topological polar surface area (TPSA) is 78.3 Å². The van der Waals surface area contributed by atoms with Gasteiger partial charge in [-0.3, -0.25) is 9.69 Å². The molecule has 25 heavy (non-hydrogen) atoms. The second-order valence-corrected chi connectivity index (χ2v) is 7.72. The minimum absolute atomic E-state index is 0.188. The highest BCUT2D eigenvalue weighted by atomic mass is 32.1. The first-order chi connectivity index (χ1) is 12.0. The summed E-state index contributed by atoms with van der Waals surface area (Å²) in [4.78, 5) is 13.6. The monoisotopic (exact) mass is 367 g/mol. The maximum Gasteiger partial charge on any atom is 0.217 e. The Balaban J connectivity index is 1.75. The van der Waals surface area contributed by atoms with Crippen LogP contribution in [0.3, 0.4) is 0 Å². The number of likely N-dealkylation sites (tertiary alicyclic amines) is 1. The summed E-state index contributed by atoms with van der Waals surface area (Å²) in [5.41, 5.74) is 5.32. The Hall–Kier alpha value is -1.25. The standard InChI is InChI=1S/C17H29N5O2S/c1-13-6-8-20(9-7-13)12-22-17(25)21(11-14-3-2-10-24-14)16(19-22)5-4-15(18)23/h13-14H,2-12H2,1H3,(H2,18,23)/t14-/m0/s1. The van der Waals surface area contributed by atoms with Crippen molar-refractivity contribution >= 4 is 18.1 Å². The van der Waals surface area contributed by atoms with E-state index in [4.69, 9.17) is 27.8 Å². The molecule has 7 nitrogen and oxygen atoms in total. The second-order valence-electron chi connectivity index (χ2n) is 7.35. The number of rotatable bonds is 7. The number of nitrogens with zero attached hydrogens (tertiary/aromatic N) is 4. The van der Waals surface area contributed by atoms with Crippen LogP contribution in [-0.2, 0) is 29.2 Å². The highest BCUT2D eigenvalue weighted by Crippen LogP contribution is 2.18. The molecule has 0 bridgehead atoms. The summed E-state index contributed by atoms with van der Waals surface area (Å²) in [6, 6.07) is 0. The Morgan fingerprint density at radius 1 is 1.36 bits per heavy atom. The lowest BCUT2D eigenvalue weighted by Crippen LogP contribution is -2.34. The number of carbonyl (C=O) groups is 1. The molecule has 3 rings (SSSR count). The van der Waals surface area contributed by atoms with E-state index in [0.29, 0.717) is 30.8 Å². The maximum absolute atomic E-state index is 11.2. The van der Waals surface area contributed by atoms with Crippen LogP contribution < -0.4 is 5.73 Å². The molecule has 0 unspecified atom stereocenters. The predicted molar refractivity (Wildman–Crippen MR) is 97.5 cm³/mol. The van der Waals surface area contributed by atoms with Crippen molar-refractivity contribution in [2.75, 3.05) is 19.7 Å². The van der Waals surface area contributed by atoms with Gasteiger partial charge in [0, 0.05) is 32.5 Å². The summed E-state index contributed by atoms with van der Waals surface area (Å²) in [7, 11) is 0. The molecule has 1 aromatic rings. The average Bonchev–Trinajstić information content (AvgIpc) is 3.19. The van der Waals surface area contributed by atoms with Crippen LogP contribution in [0.2, 0.25) is 0 Å². The van der Waals surface area contributed by atoms with Crippen LogP contribution in [0.4, 0.5) is 0 Å². The van der Waals surface area contributed by atoms with E-state index in [1.807, 2.05) is 9.25 Å². The van der Waals surface area contributed by atoms with Crippen molar-refractivity contribution in [2.45, 2.75) is 64.8 Å². The molecular weight excluding hydrogens is 338 g/mol. The third kappa shape index (κ3) is 4.89. The molecule has 2 fully saturated rings. The molecule has 2 aliphatic rings. The van der Waals surface area contributed by atoms with Crippen LogP contribution >= 0.6 is 12.2 Å². The van der Waals surface area contributed by atoms with Gasteiger partial charge in [0.15, 0.2) is 4.77 Å². The van der Waals surface area contributed by atoms with Crippen molar-refractivity contribution < 1.29 is 9.53 Å². The van der Waals surface area contributed by atoms with Gasteiger partial charge < -0.3 is 15.0 Å². The molecule has 8 heteroatoms. The first kappa shape index (κ1) is 18.5. The summed E-state index contributed by atoms with van der Waals surface area (Å²) in [6.07, 6.45) is 5.58. The number of hydrogen-bond donors (Lipinski definition) is 1. The van der Waals surface area contributed by atoms with Gasteiger partial charge in [0.2, 0.25) is 5.91 Å². The quantitative estimate of drug-likeness (QED) is 0.742. The largest absolute Gasteiger partial charge is 0.376 e. The van der Waals surface area contributed by atoms with Gasteiger partial charge in [-0.2, -0.15) is 5.10 Å². The first-order valence-electron chi connectivity index (χ1n) is 9.31. The van der Waals surface area contributed by atoms with Gasteiger partial charge in [-0.25, -0.2) is 4.68 Å². The Morgan fingerprint density at radius 2 is 2.12 bits per heavy atom. The Kier molecular flexibility index (Phi) is 6.24. The zero-order valence-corrected chi connectivity index (χ0v) is 15.8. The molecule has 0 radical (unpaired) electrons. The molecule has 0 aliphatic carbocycles. The SMILES string of the molecule is CC1CCN(Cn2nc(CCC(N)=O)n(C[C@@H]3CCCO3)c2=S)CC1. The number of piperidine rings is 1. The molecule has 0 saturated carbocycles. The smallest absolute Gasteiger partial charge is 0.217 e. The fourth-order valence-corrected chi connectivity index (χ4v) is 3.84. The van der Waals surface area contributed by atoms with Crippen molar-refractivity contribution in [2.24, 2.45) is 11.7 Å². The van der Waals surface area contributed by atoms with Crippen molar-refractivity contribution in [1.29, 1.82) is 0 Å². The highest BCUT2D eigenvalue weighted by molar-refractivity contribution is 7.71. The molecule has 0 aromatic carbocycles. The van der Waals surface area contributed by atoms with Gasteiger partial charge >= 0.3 is 0 Å². The van der Waals surface area contributed by atoms with E-state index >= 15 is 0 Å². The van der Waals surface area contributed by atoms with Crippen LogP contribution in [0, 0.1) is 10.7 Å². The maximum atomic E-state index is 11.2. The molecule has 2 aliphatic heterocycles. The number of amides is 1. The van der Waals surface area contributed by atoms with Crippen LogP contribution in [0.15, 0.2) is 0 Å². The van der Waals surface area contributed by atoms with E-state index in [1.54, 1.807) is 0 Å². The molecule has 0 spiro atoms. The zero-order chi connectivity index (χ0) is 17.8. The lowest BCUT2D eigenvalue weighted by molar-refractivity contribution is -0.118. The van der Waals surface area contributed by atoms with Gasteiger partial charge in [-0.05, 0) is 43.8 Å². The molecular formula is C17H29N5O2S. The number of ether oxygens (including phenoxy) is 1. The van der Waals surface area contributed by atoms with Crippen LogP contribution in [0.1, 0.15) is 44.9 Å². The summed E-state index contributed by atoms with van der Waals surface area (Å²) >= 11 is 5.68. The number of carbonyl (C=O) groups excluding carboxylic acids is 1. The summed E-state index contributed by atoms with van der Waals surface area (Å²) in [6.45, 7) is 6.71. The lowest BCUT2D eigenvalue weighted by Gasteiger charge is -2.29. The molecule has 2 N–H and O–H groups in total. The normalized spacial score (nSPS) is 22.5. The molecule has 2 saturated heterocycles. The summed E-state index contributed by atoms with van der Waals surface area (Å²) in [5.74, 6) is 1.33. The number of hydrogen-bond acceptors (Lipinski definition) is 5. The minimum Gasteiger partial charge on any atom is -0.376 e.